The molecule has 10 nitrogen and oxygen atoms in total. The fraction of sp³-hybridized carbons (Fsp3) is 0.238. The van der Waals surface area contributed by atoms with Crippen LogP contribution in [0, 0.1) is 0 Å². The Morgan fingerprint density at radius 2 is 1.77 bits per heavy atom. The van der Waals surface area contributed by atoms with E-state index in [9.17, 15) is 4.79 Å². The van der Waals surface area contributed by atoms with Gasteiger partial charge in [0.15, 0.2) is 11.4 Å². The van der Waals surface area contributed by atoms with Crippen LogP contribution < -0.4 is 19.5 Å². The minimum absolute atomic E-state index is 0.0598. The molecule has 0 atom stereocenters. The predicted octanol–water partition coefficient (Wildman–Crippen LogP) is 3.20. The van der Waals surface area contributed by atoms with Crippen molar-refractivity contribution in [2.45, 2.75) is 20.0 Å². The van der Waals surface area contributed by atoms with E-state index in [1.54, 1.807) is 14.2 Å². The summed E-state index contributed by atoms with van der Waals surface area (Å²) in [5.41, 5.74) is 1.83. The zero-order valence-electron chi connectivity index (χ0n) is 17.5. The third kappa shape index (κ3) is 3.87. The van der Waals surface area contributed by atoms with E-state index in [2.05, 4.69) is 25.9 Å². The van der Waals surface area contributed by atoms with E-state index in [0.717, 1.165) is 16.6 Å². The quantitative estimate of drug-likeness (QED) is 0.470. The molecular weight excluding hydrogens is 400 g/mol. The van der Waals surface area contributed by atoms with Gasteiger partial charge in [-0.2, -0.15) is 5.21 Å². The minimum atomic E-state index is -0.442. The summed E-state index contributed by atoms with van der Waals surface area (Å²) >= 11 is 0. The summed E-state index contributed by atoms with van der Waals surface area (Å²) in [6.07, 6.45) is -0.169. The lowest BCUT2D eigenvalue weighted by atomic mass is 10.2. The molecule has 0 radical (unpaired) electrons. The molecule has 2 N–H and O–H groups in total. The maximum absolute atomic E-state index is 13.4. The third-order valence-electron chi connectivity index (χ3n) is 4.60. The molecule has 4 aromatic rings. The van der Waals surface area contributed by atoms with Crippen molar-refractivity contribution in [3.8, 4) is 22.9 Å². The number of fused-ring (bicyclic) bond motifs is 1. The monoisotopic (exact) mass is 422 g/mol. The molecule has 2 aromatic carbocycles. The Morgan fingerprint density at radius 1 is 1.06 bits per heavy atom. The van der Waals surface area contributed by atoms with Crippen molar-refractivity contribution in [1.29, 1.82) is 0 Å². The largest absolute Gasteiger partial charge is 0.497 e. The molecule has 0 spiro atoms. The fourth-order valence-corrected chi connectivity index (χ4v) is 3.30. The highest BCUT2D eigenvalue weighted by Crippen LogP contribution is 2.39. The van der Waals surface area contributed by atoms with Crippen molar-refractivity contribution in [1.82, 2.24) is 25.2 Å². The number of aromatic amines is 1. The van der Waals surface area contributed by atoms with Crippen LogP contribution in [0.2, 0.25) is 0 Å². The van der Waals surface area contributed by atoms with Crippen LogP contribution in [0.4, 0.5) is 5.95 Å². The molecule has 2 heterocycles. The summed E-state index contributed by atoms with van der Waals surface area (Å²) < 4.78 is 18.6. The number of ether oxygens (including phenoxy) is 3. The number of aromatic nitrogens is 5. The first-order valence-electron chi connectivity index (χ1n) is 9.60. The first kappa shape index (κ1) is 20.2. The number of amides is 1. The molecule has 0 aliphatic carbocycles. The van der Waals surface area contributed by atoms with Crippen LogP contribution in [0.3, 0.4) is 0 Å². The Bertz CT molecular complexity index is 1200. The highest BCUT2D eigenvalue weighted by atomic mass is 16.5. The second-order valence-corrected chi connectivity index (χ2v) is 6.95. The number of H-pyrrole nitrogens is 1. The number of nitrogens with one attached hydrogen (secondary N) is 2. The van der Waals surface area contributed by atoms with Gasteiger partial charge in [-0.25, -0.2) is 0 Å². The van der Waals surface area contributed by atoms with Gasteiger partial charge in [0.25, 0.3) is 11.9 Å². The number of tetrazole rings is 1. The van der Waals surface area contributed by atoms with Crippen LogP contribution in [-0.4, -0.2) is 51.4 Å². The molecule has 10 heteroatoms. The number of benzene rings is 2. The summed E-state index contributed by atoms with van der Waals surface area (Å²) in [6.45, 7) is 3.80. The fourth-order valence-electron chi connectivity index (χ4n) is 3.30. The minimum Gasteiger partial charge on any atom is -0.497 e. The van der Waals surface area contributed by atoms with Crippen LogP contribution >= 0.6 is 0 Å². The van der Waals surface area contributed by atoms with Gasteiger partial charge in [-0.05, 0) is 61.5 Å². The van der Waals surface area contributed by atoms with Crippen LogP contribution in [-0.2, 0) is 0 Å². The molecule has 0 unspecified atom stereocenters. The molecule has 0 bridgehead atoms. The van der Waals surface area contributed by atoms with Crippen LogP contribution in [0.15, 0.2) is 42.5 Å². The standard InChI is InChI=1S/C21H22N6O4/c1-12(2)31-19-16-11-15(30-4)9-10-17(16)27(13-5-7-14(29-3)8-6-13)18(19)20(28)22-21-23-25-26-24-21/h5-12H,1-4H3,(H2,22,23,24,25,26,28). The molecule has 160 valence electrons. The zero-order chi connectivity index (χ0) is 22.0. The van der Waals surface area contributed by atoms with E-state index in [0.29, 0.717) is 22.9 Å². The summed E-state index contributed by atoms with van der Waals surface area (Å²) in [7, 11) is 3.19. The number of carbonyl (C=O) groups is 1. The maximum Gasteiger partial charge on any atom is 0.279 e. The molecule has 2 aromatic heterocycles. The molecule has 0 aliphatic rings. The van der Waals surface area contributed by atoms with Gasteiger partial charge in [0, 0.05) is 11.1 Å². The van der Waals surface area contributed by atoms with Crippen LogP contribution in [0.1, 0.15) is 24.3 Å². The highest BCUT2D eigenvalue weighted by molar-refractivity contribution is 6.10. The lowest BCUT2D eigenvalue weighted by molar-refractivity contribution is 0.101. The number of hydrogen-bond donors (Lipinski definition) is 2. The van der Waals surface area contributed by atoms with E-state index < -0.39 is 5.91 Å². The van der Waals surface area contributed by atoms with Crippen LogP contribution in [0.5, 0.6) is 17.2 Å². The highest BCUT2D eigenvalue weighted by Gasteiger charge is 2.27. The number of hydrogen-bond acceptors (Lipinski definition) is 7. The normalized spacial score (nSPS) is 11.0. The summed E-state index contributed by atoms with van der Waals surface area (Å²) in [4.78, 5) is 13.4. The Hall–Kier alpha value is -4.08. The topological polar surface area (TPSA) is 116 Å². The molecule has 0 aliphatic heterocycles. The second-order valence-electron chi connectivity index (χ2n) is 6.95. The van der Waals surface area contributed by atoms with E-state index in [1.165, 1.54) is 0 Å². The van der Waals surface area contributed by atoms with Gasteiger partial charge in [-0.3, -0.25) is 10.1 Å². The Morgan fingerprint density at radius 3 is 2.39 bits per heavy atom. The van der Waals surface area contributed by atoms with Crippen molar-refractivity contribution in [2.75, 3.05) is 19.5 Å². The molecule has 4 rings (SSSR count). The Kier molecular flexibility index (Phi) is 5.44. The van der Waals surface area contributed by atoms with Gasteiger partial charge in [-0.15, -0.1) is 5.10 Å². The van der Waals surface area contributed by atoms with Gasteiger partial charge in [0.1, 0.15) is 11.5 Å². The van der Waals surface area contributed by atoms with E-state index in [-0.39, 0.29) is 12.1 Å². The van der Waals surface area contributed by atoms with Crippen molar-refractivity contribution in [3.05, 3.63) is 48.2 Å². The second kappa shape index (κ2) is 8.34. The van der Waals surface area contributed by atoms with E-state index >= 15 is 0 Å². The van der Waals surface area contributed by atoms with Gasteiger partial charge in [0.2, 0.25) is 0 Å². The first-order chi connectivity index (χ1) is 15.0. The molecular formula is C21H22N6O4. The number of rotatable bonds is 7. The summed E-state index contributed by atoms with van der Waals surface area (Å²) in [5.74, 6) is 1.41. The molecule has 1 amide bonds. The molecule has 31 heavy (non-hydrogen) atoms. The first-order valence-corrected chi connectivity index (χ1v) is 9.60. The zero-order valence-corrected chi connectivity index (χ0v) is 17.5. The lowest BCUT2D eigenvalue weighted by Gasteiger charge is -2.14. The van der Waals surface area contributed by atoms with Crippen molar-refractivity contribution in [2.24, 2.45) is 0 Å². The average molecular weight is 422 g/mol. The lowest BCUT2D eigenvalue weighted by Crippen LogP contribution is -2.19. The van der Waals surface area contributed by atoms with Gasteiger partial charge >= 0.3 is 0 Å². The maximum atomic E-state index is 13.4. The Balaban J connectivity index is 1.98. The van der Waals surface area contributed by atoms with Crippen LogP contribution in [0.25, 0.3) is 16.6 Å². The SMILES string of the molecule is COc1ccc(-n2c(C(=O)Nc3nn[nH]n3)c(OC(C)C)c3cc(OC)ccc32)cc1. The van der Waals surface area contributed by atoms with Gasteiger partial charge in [-0.1, -0.05) is 5.10 Å². The van der Waals surface area contributed by atoms with Gasteiger partial charge < -0.3 is 18.8 Å². The predicted molar refractivity (Wildman–Crippen MR) is 114 cm³/mol. The molecule has 0 saturated heterocycles. The molecule has 0 fully saturated rings. The van der Waals surface area contributed by atoms with Crippen molar-refractivity contribution in [3.63, 3.8) is 0 Å². The smallest absolute Gasteiger partial charge is 0.279 e. The summed E-state index contributed by atoms with van der Waals surface area (Å²) in [6, 6.07) is 13.0. The number of methoxy groups -OCH3 is 2. The number of nitrogens with zero attached hydrogens (tertiary/aromatic N) is 4. The molecule has 0 saturated carbocycles. The van der Waals surface area contributed by atoms with Gasteiger partial charge in [0.05, 0.1) is 25.8 Å². The average Bonchev–Trinajstić information content (AvgIpc) is 3.39. The number of carbonyl (C=O) groups excluding carboxylic acids is 1. The van der Waals surface area contributed by atoms with E-state index in [4.69, 9.17) is 14.2 Å². The van der Waals surface area contributed by atoms with E-state index in [1.807, 2.05) is 60.9 Å². The number of anilines is 1. The van der Waals surface area contributed by atoms with Crippen molar-refractivity contribution < 1.29 is 19.0 Å². The third-order valence-corrected chi connectivity index (χ3v) is 4.60. The summed E-state index contributed by atoms with van der Waals surface area (Å²) in [5, 5.41) is 16.8. The van der Waals surface area contributed by atoms with Crippen molar-refractivity contribution >= 4 is 22.8 Å². The Labute approximate surface area is 178 Å².